The van der Waals surface area contributed by atoms with E-state index in [1.807, 2.05) is 13.1 Å². The Bertz CT molecular complexity index is 1310. The van der Waals surface area contributed by atoms with Gasteiger partial charge >= 0.3 is 5.69 Å². The van der Waals surface area contributed by atoms with Crippen molar-refractivity contribution in [1.82, 2.24) is 19.4 Å². The first-order chi connectivity index (χ1) is 17.0. The average Bonchev–Trinajstić information content (AvgIpc) is 3.21. The fourth-order valence-electron chi connectivity index (χ4n) is 4.88. The van der Waals surface area contributed by atoms with Crippen LogP contribution < -0.4 is 22.3 Å². The van der Waals surface area contributed by atoms with Crippen molar-refractivity contribution in [2.75, 3.05) is 32.7 Å². The van der Waals surface area contributed by atoms with Crippen LogP contribution in [-0.4, -0.2) is 81.3 Å². The van der Waals surface area contributed by atoms with E-state index in [0.29, 0.717) is 12.1 Å². The molecule has 208 valence electrons. The third kappa shape index (κ3) is 4.88. The van der Waals surface area contributed by atoms with E-state index in [-0.39, 0.29) is 10.7 Å². The van der Waals surface area contributed by atoms with Crippen LogP contribution in [0.4, 0.5) is 0 Å². The molecule has 3 aliphatic rings. The van der Waals surface area contributed by atoms with Crippen molar-refractivity contribution in [3.05, 3.63) is 43.7 Å². The van der Waals surface area contributed by atoms with E-state index < -0.39 is 53.7 Å². The molecule has 1 aromatic heterocycles. The molecule has 2 fully saturated rings. The average molecular weight is 558 g/mol. The summed E-state index contributed by atoms with van der Waals surface area (Å²) in [7, 11) is -5.33. The minimum absolute atomic E-state index is 0.0200. The van der Waals surface area contributed by atoms with Crippen LogP contribution in [0.5, 0.6) is 0 Å². The predicted octanol–water partition coefficient (Wildman–Crippen LogP) is -0.0527. The molecule has 0 bridgehead atoms. The molecular weight excluding hydrogens is 518 g/mol. The molecule has 14 heteroatoms. The first-order valence-corrected chi connectivity index (χ1v) is 16.9. The van der Waals surface area contributed by atoms with Gasteiger partial charge in [0.2, 0.25) is 0 Å². The van der Waals surface area contributed by atoms with Gasteiger partial charge in [0.1, 0.15) is 12.2 Å². The molecule has 1 aromatic rings. The molecule has 4 rings (SSSR count). The molecule has 2 saturated heterocycles. The van der Waals surface area contributed by atoms with Gasteiger partial charge in [-0.25, -0.2) is 8.98 Å². The van der Waals surface area contributed by atoms with Crippen LogP contribution in [0.3, 0.4) is 0 Å². The van der Waals surface area contributed by atoms with Crippen molar-refractivity contribution in [3.8, 4) is 0 Å². The van der Waals surface area contributed by atoms with Crippen LogP contribution in [0, 0.1) is 6.92 Å². The maximum Gasteiger partial charge on any atom is 0.332 e. The van der Waals surface area contributed by atoms with Crippen molar-refractivity contribution in [1.29, 1.82) is 0 Å². The van der Waals surface area contributed by atoms with E-state index >= 15 is 0 Å². The van der Waals surface area contributed by atoms with Gasteiger partial charge < -0.3 is 20.2 Å². The summed E-state index contributed by atoms with van der Waals surface area (Å²) in [5.74, 6) is 0. The van der Waals surface area contributed by atoms with Crippen LogP contribution in [-0.2, 0) is 30.5 Å². The molecule has 37 heavy (non-hydrogen) atoms. The predicted molar refractivity (Wildman–Crippen MR) is 141 cm³/mol. The number of aromatic nitrogens is 2. The molecule has 3 aliphatic heterocycles. The summed E-state index contributed by atoms with van der Waals surface area (Å²) in [5.41, 5.74) is 4.07. The van der Waals surface area contributed by atoms with Gasteiger partial charge in [0, 0.05) is 51.5 Å². The topological polar surface area (TPSA) is 147 Å². The molecule has 1 unspecified atom stereocenters. The van der Waals surface area contributed by atoms with Gasteiger partial charge in [-0.1, -0.05) is 20.8 Å². The first-order valence-electron chi connectivity index (χ1n) is 12.5. The van der Waals surface area contributed by atoms with E-state index in [1.165, 1.54) is 17.8 Å². The molecule has 0 aromatic carbocycles. The Morgan fingerprint density at radius 2 is 1.86 bits per heavy atom. The summed E-state index contributed by atoms with van der Waals surface area (Å²) in [5, 5.41) is 3.96. The van der Waals surface area contributed by atoms with Gasteiger partial charge in [-0.3, -0.25) is 18.8 Å². The second-order valence-electron chi connectivity index (χ2n) is 11.7. The van der Waals surface area contributed by atoms with E-state index in [2.05, 4.69) is 31.0 Å². The number of rotatable bonds is 5. The number of nitrogens with two attached hydrogens (primary N) is 1. The summed E-state index contributed by atoms with van der Waals surface area (Å²) < 4.78 is 47.1. The first kappa shape index (κ1) is 28.2. The lowest BCUT2D eigenvalue weighted by Gasteiger charge is -2.43. The van der Waals surface area contributed by atoms with Crippen molar-refractivity contribution in [2.24, 2.45) is 12.8 Å². The van der Waals surface area contributed by atoms with Gasteiger partial charge in [0.15, 0.2) is 20.1 Å². The lowest BCUT2D eigenvalue weighted by atomic mass is 9.88. The minimum atomic E-state index is -4.13. The normalized spacial score (nSPS) is 30.7. The number of nitrogens with zero attached hydrogens (tertiary/aromatic N) is 3. The van der Waals surface area contributed by atoms with E-state index in [9.17, 15) is 18.0 Å². The third-order valence-electron chi connectivity index (χ3n) is 8.06. The van der Waals surface area contributed by atoms with Crippen molar-refractivity contribution >= 4 is 18.4 Å². The van der Waals surface area contributed by atoms with Gasteiger partial charge in [-0.05, 0) is 25.1 Å². The maximum absolute atomic E-state index is 13.3. The standard InChI is InChI=1S/C23H39N5O7SSi/c1-15-12-28(21(30)26(5)19(15)29)20-18(34-37(6,7)22(2,3)4)23(16(24)14-36(31,32)35-23)17(33-20)13-27-10-8-25-9-11-27/h12,14,17-18,20,25H,8-11,13,24H2,1-7H3/t17-,18+,20-,23?/m1/s1. The Kier molecular flexibility index (Phi) is 7.19. The monoisotopic (exact) mass is 557 g/mol. The molecule has 0 radical (unpaired) electrons. The summed E-state index contributed by atoms with van der Waals surface area (Å²) >= 11 is 0. The fraction of sp³-hybridized carbons (Fsp3) is 0.739. The van der Waals surface area contributed by atoms with E-state index in [4.69, 9.17) is 19.1 Å². The molecule has 4 heterocycles. The highest BCUT2D eigenvalue weighted by Crippen LogP contribution is 2.51. The van der Waals surface area contributed by atoms with Crippen molar-refractivity contribution in [2.45, 2.75) is 69.9 Å². The van der Waals surface area contributed by atoms with Gasteiger partial charge in [-0.2, -0.15) is 8.42 Å². The maximum atomic E-state index is 13.3. The van der Waals surface area contributed by atoms with Crippen LogP contribution in [0.2, 0.25) is 18.1 Å². The Labute approximate surface area is 218 Å². The van der Waals surface area contributed by atoms with Crippen molar-refractivity contribution in [3.63, 3.8) is 0 Å². The Hall–Kier alpha value is -1.81. The Balaban J connectivity index is 1.91. The Morgan fingerprint density at radius 3 is 2.41 bits per heavy atom. The molecule has 0 saturated carbocycles. The second kappa shape index (κ2) is 9.43. The second-order valence-corrected chi connectivity index (χ2v) is 17.8. The highest BCUT2D eigenvalue weighted by atomic mass is 32.2. The third-order valence-corrected chi connectivity index (χ3v) is 13.6. The largest absolute Gasteiger partial charge is 0.406 e. The molecule has 0 amide bonds. The van der Waals surface area contributed by atoms with E-state index in [0.717, 1.165) is 36.2 Å². The summed E-state index contributed by atoms with van der Waals surface area (Å²) in [6.45, 7) is 15.2. The lowest BCUT2D eigenvalue weighted by Crippen LogP contribution is -2.60. The SMILES string of the molecule is Cc1cn([C@@H]2O[C@H](CN3CCNCC3)C3(OS(=O)(=O)C=C3N)[C@H]2O[Si](C)(C)C(C)(C)C)c(=O)n(C)c1=O. The highest BCUT2D eigenvalue weighted by Gasteiger charge is 2.67. The summed E-state index contributed by atoms with van der Waals surface area (Å²) in [6.07, 6.45) is -1.57. The Morgan fingerprint density at radius 1 is 1.24 bits per heavy atom. The van der Waals surface area contributed by atoms with Gasteiger partial charge in [0.25, 0.3) is 15.7 Å². The van der Waals surface area contributed by atoms with E-state index in [1.54, 1.807) is 6.92 Å². The van der Waals surface area contributed by atoms with Gasteiger partial charge in [0.05, 0.1) is 11.1 Å². The number of hydrogen-bond donors (Lipinski definition) is 2. The molecule has 1 spiro atoms. The number of piperazine rings is 1. The van der Waals surface area contributed by atoms with Crippen LogP contribution in [0.25, 0.3) is 0 Å². The highest BCUT2D eigenvalue weighted by molar-refractivity contribution is 7.90. The van der Waals surface area contributed by atoms with Gasteiger partial charge in [-0.15, -0.1) is 0 Å². The van der Waals surface area contributed by atoms with Crippen LogP contribution in [0.1, 0.15) is 32.6 Å². The number of ether oxygens (including phenoxy) is 1. The summed E-state index contributed by atoms with van der Waals surface area (Å²) in [6, 6.07) is 0. The zero-order valence-corrected chi connectivity index (χ0v) is 24.4. The fourth-order valence-corrected chi connectivity index (χ4v) is 7.39. The molecule has 3 N–H and O–H groups in total. The molecule has 4 atom stereocenters. The quantitative estimate of drug-likeness (QED) is 0.373. The smallest absolute Gasteiger partial charge is 0.332 e. The zero-order valence-electron chi connectivity index (χ0n) is 22.6. The molecular formula is C23H39N5O7SSi. The molecule has 12 nitrogen and oxygen atoms in total. The lowest BCUT2D eigenvalue weighted by molar-refractivity contribution is -0.0512. The zero-order chi connectivity index (χ0) is 27.6. The van der Waals surface area contributed by atoms with Crippen LogP contribution >= 0.6 is 0 Å². The number of hydrogen-bond acceptors (Lipinski definition) is 10. The number of nitrogens with one attached hydrogen (secondary N) is 1. The minimum Gasteiger partial charge on any atom is -0.406 e. The number of aryl methyl sites for hydroxylation is 1. The van der Waals surface area contributed by atoms with Crippen LogP contribution in [0.15, 0.2) is 26.9 Å². The molecule has 0 aliphatic carbocycles. The summed E-state index contributed by atoms with van der Waals surface area (Å²) in [4.78, 5) is 27.9. The van der Waals surface area contributed by atoms with Crippen molar-refractivity contribution < 1.29 is 21.8 Å².